The Morgan fingerprint density at radius 2 is 2.18 bits per heavy atom. The normalized spacial score (nSPS) is 21.2. The zero-order valence-corrected chi connectivity index (χ0v) is 9.85. The van der Waals surface area contributed by atoms with Crippen molar-refractivity contribution in [2.45, 2.75) is 31.8 Å². The van der Waals surface area contributed by atoms with Gasteiger partial charge in [-0.2, -0.15) is 0 Å². The van der Waals surface area contributed by atoms with Gasteiger partial charge in [0.25, 0.3) is 0 Å². The van der Waals surface area contributed by atoms with E-state index in [0.717, 1.165) is 18.4 Å². The van der Waals surface area contributed by atoms with E-state index in [1.54, 1.807) is 12.1 Å². The van der Waals surface area contributed by atoms with E-state index < -0.39 is 0 Å². The van der Waals surface area contributed by atoms with Crippen LogP contribution in [0.5, 0.6) is 5.75 Å². The maximum absolute atomic E-state index is 11.4. The molecule has 2 rings (SSSR count). The molecule has 0 amide bonds. The first kappa shape index (κ1) is 11.9. The van der Waals surface area contributed by atoms with Gasteiger partial charge in [-0.3, -0.25) is 10.1 Å². The predicted octanol–water partition coefficient (Wildman–Crippen LogP) is 1.75. The molecule has 0 radical (unpaired) electrons. The first-order chi connectivity index (χ1) is 8.20. The van der Waals surface area contributed by atoms with Gasteiger partial charge in [0.15, 0.2) is 0 Å². The smallest absolute Gasteiger partial charge is 0.323 e. The second kappa shape index (κ2) is 5.19. The molecule has 1 aliphatic heterocycles. The van der Waals surface area contributed by atoms with Gasteiger partial charge in [-0.1, -0.05) is 19.1 Å². The molecule has 0 spiro atoms. The van der Waals surface area contributed by atoms with E-state index in [1.807, 2.05) is 12.1 Å². The van der Waals surface area contributed by atoms with Crippen molar-refractivity contribution in [1.82, 2.24) is 5.32 Å². The first-order valence-electron chi connectivity index (χ1n) is 5.92. The van der Waals surface area contributed by atoms with Crippen LogP contribution in [0.3, 0.4) is 0 Å². The molecule has 17 heavy (non-hydrogen) atoms. The number of nitrogens with one attached hydrogen (secondary N) is 1. The minimum atomic E-state index is -0.200. The molecule has 1 saturated heterocycles. The standard InChI is InChI=1S/C13H17NO3/c1-2-11(9-3-5-10(15)6-4-9)14-12-7-8-17-13(12)16/h3-6,11-12,14-15H,2,7-8H2,1H3. The van der Waals surface area contributed by atoms with Crippen molar-refractivity contribution in [2.75, 3.05) is 6.61 Å². The van der Waals surface area contributed by atoms with Gasteiger partial charge in [0.1, 0.15) is 11.8 Å². The van der Waals surface area contributed by atoms with Gasteiger partial charge >= 0.3 is 5.97 Å². The number of phenolic OH excluding ortho intramolecular Hbond substituents is 1. The van der Waals surface area contributed by atoms with Crippen LogP contribution in [-0.2, 0) is 9.53 Å². The third-order valence-corrected chi connectivity index (χ3v) is 3.04. The highest BCUT2D eigenvalue weighted by Gasteiger charge is 2.28. The summed E-state index contributed by atoms with van der Waals surface area (Å²) in [5, 5.41) is 12.5. The lowest BCUT2D eigenvalue weighted by Gasteiger charge is -2.20. The number of benzene rings is 1. The Labute approximate surface area is 101 Å². The monoisotopic (exact) mass is 235 g/mol. The number of carbonyl (C=O) groups is 1. The molecule has 0 bridgehead atoms. The van der Waals surface area contributed by atoms with Crippen LogP contribution >= 0.6 is 0 Å². The Morgan fingerprint density at radius 1 is 1.47 bits per heavy atom. The first-order valence-corrected chi connectivity index (χ1v) is 5.92. The summed E-state index contributed by atoms with van der Waals surface area (Å²) in [4.78, 5) is 11.4. The summed E-state index contributed by atoms with van der Waals surface area (Å²) in [5.74, 6) is 0.0890. The highest BCUT2D eigenvalue weighted by atomic mass is 16.5. The van der Waals surface area contributed by atoms with Crippen molar-refractivity contribution in [3.05, 3.63) is 29.8 Å². The third-order valence-electron chi connectivity index (χ3n) is 3.04. The van der Waals surface area contributed by atoms with E-state index in [4.69, 9.17) is 4.74 Å². The lowest BCUT2D eigenvalue weighted by molar-refractivity contribution is -0.139. The molecule has 92 valence electrons. The maximum Gasteiger partial charge on any atom is 0.323 e. The van der Waals surface area contributed by atoms with E-state index >= 15 is 0 Å². The lowest BCUT2D eigenvalue weighted by atomic mass is 10.0. The molecule has 4 heteroatoms. The summed E-state index contributed by atoms with van der Waals surface area (Å²) in [5.41, 5.74) is 1.07. The number of esters is 1. The Hall–Kier alpha value is -1.55. The lowest BCUT2D eigenvalue weighted by Crippen LogP contribution is -2.35. The van der Waals surface area contributed by atoms with E-state index in [1.165, 1.54) is 0 Å². The Bertz CT molecular complexity index is 388. The third kappa shape index (κ3) is 2.77. The molecule has 0 aromatic heterocycles. The molecule has 1 aliphatic rings. The van der Waals surface area contributed by atoms with E-state index in [-0.39, 0.29) is 23.8 Å². The summed E-state index contributed by atoms with van der Waals surface area (Å²) in [6.45, 7) is 2.56. The number of rotatable bonds is 4. The van der Waals surface area contributed by atoms with Gasteiger partial charge in [0, 0.05) is 12.5 Å². The predicted molar refractivity (Wildman–Crippen MR) is 63.6 cm³/mol. The molecular weight excluding hydrogens is 218 g/mol. The fraction of sp³-hybridized carbons (Fsp3) is 0.462. The van der Waals surface area contributed by atoms with Gasteiger partial charge < -0.3 is 9.84 Å². The van der Waals surface area contributed by atoms with Crippen LogP contribution in [0, 0.1) is 0 Å². The molecule has 2 atom stereocenters. The number of ether oxygens (including phenoxy) is 1. The van der Waals surface area contributed by atoms with E-state index in [0.29, 0.717) is 6.61 Å². The van der Waals surface area contributed by atoms with Crippen LogP contribution in [0.1, 0.15) is 31.4 Å². The zero-order valence-electron chi connectivity index (χ0n) is 9.85. The SMILES string of the molecule is CCC(NC1CCOC1=O)c1ccc(O)cc1. The van der Waals surface area contributed by atoms with Crippen LogP contribution in [0.4, 0.5) is 0 Å². The second-order valence-corrected chi connectivity index (χ2v) is 4.23. The van der Waals surface area contributed by atoms with Crippen LogP contribution in [0.2, 0.25) is 0 Å². The fourth-order valence-corrected chi connectivity index (χ4v) is 2.05. The Morgan fingerprint density at radius 3 is 2.71 bits per heavy atom. The van der Waals surface area contributed by atoms with Crippen molar-refractivity contribution >= 4 is 5.97 Å². The molecule has 0 saturated carbocycles. The molecule has 1 aromatic rings. The van der Waals surface area contributed by atoms with Crippen molar-refractivity contribution in [3.8, 4) is 5.75 Å². The molecule has 2 N–H and O–H groups in total. The summed E-state index contributed by atoms with van der Waals surface area (Å²) in [6.07, 6.45) is 1.61. The molecule has 1 aromatic carbocycles. The summed E-state index contributed by atoms with van der Waals surface area (Å²) < 4.78 is 4.92. The summed E-state index contributed by atoms with van der Waals surface area (Å²) >= 11 is 0. The van der Waals surface area contributed by atoms with Gasteiger partial charge in [0.05, 0.1) is 6.61 Å². The minimum absolute atomic E-state index is 0.117. The van der Waals surface area contributed by atoms with Crippen LogP contribution < -0.4 is 5.32 Å². The van der Waals surface area contributed by atoms with E-state index in [2.05, 4.69) is 12.2 Å². The fourth-order valence-electron chi connectivity index (χ4n) is 2.05. The number of aromatic hydroxyl groups is 1. The molecule has 4 nitrogen and oxygen atoms in total. The summed E-state index contributed by atoms with van der Waals surface area (Å²) in [7, 11) is 0. The maximum atomic E-state index is 11.4. The molecule has 0 aliphatic carbocycles. The van der Waals surface area contributed by atoms with Crippen LogP contribution in [-0.4, -0.2) is 23.7 Å². The zero-order chi connectivity index (χ0) is 12.3. The molecule has 2 unspecified atom stereocenters. The molecule has 1 heterocycles. The van der Waals surface area contributed by atoms with Crippen LogP contribution in [0.25, 0.3) is 0 Å². The quantitative estimate of drug-likeness (QED) is 0.781. The Balaban J connectivity index is 2.05. The van der Waals surface area contributed by atoms with Crippen molar-refractivity contribution in [1.29, 1.82) is 0 Å². The van der Waals surface area contributed by atoms with Gasteiger partial charge in [-0.15, -0.1) is 0 Å². The minimum Gasteiger partial charge on any atom is -0.508 e. The number of phenols is 1. The van der Waals surface area contributed by atoms with Gasteiger partial charge in [0.2, 0.25) is 0 Å². The topological polar surface area (TPSA) is 58.6 Å². The largest absolute Gasteiger partial charge is 0.508 e. The average Bonchev–Trinajstić information content (AvgIpc) is 2.73. The number of cyclic esters (lactones) is 1. The number of hydrogen-bond acceptors (Lipinski definition) is 4. The van der Waals surface area contributed by atoms with Crippen LogP contribution in [0.15, 0.2) is 24.3 Å². The molecular formula is C13H17NO3. The highest BCUT2D eigenvalue weighted by Crippen LogP contribution is 2.21. The second-order valence-electron chi connectivity index (χ2n) is 4.23. The number of carbonyl (C=O) groups excluding carboxylic acids is 1. The van der Waals surface area contributed by atoms with Crippen molar-refractivity contribution < 1.29 is 14.6 Å². The van der Waals surface area contributed by atoms with Gasteiger partial charge in [-0.05, 0) is 24.1 Å². The number of hydrogen-bond donors (Lipinski definition) is 2. The Kier molecular flexibility index (Phi) is 3.64. The highest BCUT2D eigenvalue weighted by molar-refractivity contribution is 5.77. The van der Waals surface area contributed by atoms with Crippen molar-refractivity contribution in [3.63, 3.8) is 0 Å². The average molecular weight is 235 g/mol. The van der Waals surface area contributed by atoms with E-state index in [9.17, 15) is 9.90 Å². The molecule has 1 fully saturated rings. The van der Waals surface area contributed by atoms with Gasteiger partial charge in [-0.25, -0.2) is 0 Å². The summed E-state index contributed by atoms with van der Waals surface area (Å²) in [6, 6.07) is 6.98. The van der Waals surface area contributed by atoms with Crippen molar-refractivity contribution in [2.24, 2.45) is 0 Å².